The number of carbonyl (C=O) groups is 1. The Morgan fingerprint density at radius 3 is 2.54 bits per heavy atom. The van der Waals surface area contributed by atoms with Crippen LogP contribution in [0.5, 0.6) is 0 Å². The minimum atomic E-state index is 0.0332. The standard InChI is InChI=1S/C25H28N2O/c1-4-15-27(25(28)23-13-11-21(5-2)12-14-23)19-24-10-7-16-26(24)18-22-9-6-8-20(3)17-22/h4,6-14,16-17H,1,5,15,18-19H2,2-3H3. The summed E-state index contributed by atoms with van der Waals surface area (Å²) in [6.45, 7) is 9.92. The highest BCUT2D eigenvalue weighted by Gasteiger charge is 2.16. The number of hydrogen-bond donors (Lipinski definition) is 0. The van der Waals surface area contributed by atoms with Crippen molar-refractivity contribution in [1.82, 2.24) is 9.47 Å². The monoisotopic (exact) mass is 372 g/mol. The minimum Gasteiger partial charge on any atom is -0.345 e. The average Bonchev–Trinajstić information content (AvgIpc) is 3.14. The van der Waals surface area contributed by atoms with E-state index in [9.17, 15) is 4.79 Å². The van der Waals surface area contributed by atoms with Crippen molar-refractivity contribution in [3.05, 3.63) is 107 Å². The van der Waals surface area contributed by atoms with Gasteiger partial charge >= 0.3 is 0 Å². The molecule has 28 heavy (non-hydrogen) atoms. The maximum Gasteiger partial charge on any atom is 0.254 e. The molecule has 0 fully saturated rings. The maximum absolute atomic E-state index is 13.0. The quantitative estimate of drug-likeness (QED) is 0.497. The van der Waals surface area contributed by atoms with E-state index in [0.717, 1.165) is 24.2 Å². The summed E-state index contributed by atoms with van der Waals surface area (Å²) in [7, 11) is 0. The number of rotatable bonds is 8. The van der Waals surface area contributed by atoms with E-state index in [-0.39, 0.29) is 5.91 Å². The molecule has 0 atom stereocenters. The Bertz CT molecular complexity index is 937. The number of nitrogens with zero attached hydrogens (tertiary/aromatic N) is 2. The number of benzene rings is 2. The summed E-state index contributed by atoms with van der Waals surface area (Å²) in [5.74, 6) is 0.0332. The first-order chi connectivity index (χ1) is 13.6. The third kappa shape index (κ3) is 4.80. The molecule has 0 radical (unpaired) electrons. The number of hydrogen-bond acceptors (Lipinski definition) is 1. The van der Waals surface area contributed by atoms with Gasteiger partial charge in [0.15, 0.2) is 0 Å². The smallest absolute Gasteiger partial charge is 0.254 e. The maximum atomic E-state index is 13.0. The topological polar surface area (TPSA) is 25.2 Å². The highest BCUT2D eigenvalue weighted by molar-refractivity contribution is 5.94. The van der Waals surface area contributed by atoms with Gasteiger partial charge in [-0.15, -0.1) is 6.58 Å². The van der Waals surface area contributed by atoms with Gasteiger partial charge in [-0.1, -0.05) is 55.0 Å². The van der Waals surface area contributed by atoms with Gasteiger partial charge in [-0.05, 0) is 48.7 Å². The molecule has 0 saturated heterocycles. The second-order valence-corrected chi connectivity index (χ2v) is 7.14. The molecule has 3 rings (SSSR count). The van der Waals surface area contributed by atoms with E-state index >= 15 is 0 Å². The van der Waals surface area contributed by atoms with Crippen LogP contribution in [0.2, 0.25) is 0 Å². The predicted octanol–water partition coefficient (Wildman–Crippen LogP) is 5.24. The molecule has 0 aliphatic rings. The molecule has 3 heteroatoms. The fourth-order valence-electron chi connectivity index (χ4n) is 3.39. The Morgan fingerprint density at radius 2 is 1.86 bits per heavy atom. The number of carbonyl (C=O) groups excluding carboxylic acids is 1. The van der Waals surface area contributed by atoms with Crippen molar-refractivity contribution in [1.29, 1.82) is 0 Å². The zero-order valence-corrected chi connectivity index (χ0v) is 16.8. The predicted molar refractivity (Wildman–Crippen MR) is 115 cm³/mol. The molecule has 1 heterocycles. The average molecular weight is 373 g/mol. The van der Waals surface area contributed by atoms with E-state index in [1.54, 1.807) is 6.08 Å². The number of amides is 1. The van der Waals surface area contributed by atoms with Gasteiger partial charge < -0.3 is 9.47 Å². The molecule has 2 aromatic carbocycles. The Balaban J connectivity index is 1.78. The van der Waals surface area contributed by atoms with Gasteiger partial charge in [0.2, 0.25) is 0 Å². The third-order valence-electron chi connectivity index (χ3n) is 4.96. The molecular weight excluding hydrogens is 344 g/mol. The lowest BCUT2D eigenvalue weighted by atomic mass is 10.1. The van der Waals surface area contributed by atoms with Crippen molar-refractivity contribution in [2.24, 2.45) is 0 Å². The first kappa shape index (κ1) is 19.7. The van der Waals surface area contributed by atoms with Crippen molar-refractivity contribution >= 4 is 5.91 Å². The van der Waals surface area contributed by atoms with Crippen molar-refractivity contribution in [2.45, 2.75) is 33.4 Å². The summed E-state index contributed by atoms with van der Waals surface area (Å²) in [6, 6.07) is 20.5. The number of aryl methyl sites for hydroxylation is 2. The molecule has 0 unspecified atom stereocenters. The largest absolute Gasteiger partial charge is 0.345 e. The van der Waals surface area contributed by atoms with Gasteiger partial charge in [-0.25, -0.2) is 0 Å². The summed E-state index contributed by atoms with van der Waals surface area (Å²) >= 11 is 0. The molecule has 144 valence electrons. The van der Waals surface area contributed by atoms with Crippen molar-refractivity contribution < 1.29 is 4.79 Å². The first-order valence-corrected chi connectivity index (χ1v) is 9.79. The van der Waals surface area contributed by atoms with E-state index in [4.69, 9.17) is 0 Å². The molecule has 0 aliphatic heterocycles. The van der Waals surface area contributed by atoms with Crippen LogP contribution < -0.4 is 0 Å². The second kappa shape index (κ2) is 9.23. The fourth-order valence-corrected chi connectivity index (χ4v) is 3.39. The summed E-state index contributed by atoms with van der Waals surface area (Å²) in [6.07, 6.45) is 4.83. The van der Waals surface area contributed by atoms with Crippen LogP contribution in [0.15, 0.2) is 79.5 Å². The van der Waals surface area contributed by atoms with Crippen LogP contribution in [-0.4, -0.2) is 21.9 Å². The Morgan fingerprint density at radius 1 is 1.07 bits per heavy atom. The van der Waals surface area contributed by atoms with Gasteiger partial charge in [-0.2, -0.15) is 0 Å². The van der Waals surface area contributed by atoms with Crippen LogP contribution >= 0.6 is 0 Å². The van der Waals surface area contributed by atoms with E-state index in [1.807, 2.05) is 35.2 Å². The molecule has 1 amide bonds. The van der Waals surface area contributed by atoms with Crippen LogP contribution in [-0.2, 0) is 19.5 Å². The van der Waals surface area contributed by atoms with Crippen LogP contribution in [0.1, 0.15) is 39.7 Å². The van der Waals surface area contributed by atoms with Crippen LogP contribution in [0.4, 0.5) is 0 Å². The molecule has 1 aromatic heterocycles. The van der Waals surface area contributed by atoms with Crippen LogP contribution in [0.3, 0.4) is 0 Å². The summed E-state index contributed by atoms with van der Waals surface area (Å²) in [5.41, 5.74) is 5.58. The summed E-state index contributed by atoms with van der Waals surface area (Å²) in [4.78, 5) is 14.9. The Hall–Kier alpha value is -3.07. The molecule has 0 bridgehead atoms. The lowest BCUT2D eigenvalue weighted by Crippen LogP contribution is -2.31. The van der Waals surface area contributed by atoms with E-state index in [1.165, 1.54) is 16.7 Å². The van der Waals surface area contributed by atoms with Crippen molar-refractivity contribution in [2.75, 3.05) is 6.54 Å². The van der Waals surface area contributed by atoms with Gasteiger partial charge in [-0.3, -0.25) is 4.79 Å². The zero-order chi connectivity index (χ0) is 19.9. The normalized spacial score (nSPS) is 10.6. The van der Waals surface area contributed by atoms with E-state index in [2.05, 4.69) is 61.5 Å². The lowest BCUT2D eigenvalue weighted by molar-refractivity contribution is 0.0759. The SMILES string of the molecule is C=CCN(Cc1cccn1Cc1cccc(C)c1)C(=O)c1ccc(CC)cc1. The lowest BCUT2D eigenvalue weighted by Gasteiger charge is -2.22. The Kier molecular flexibility index (Phi) is 6.49. The van der Waals surface area contributed by atoms with Crippen molar-refractivity contribution in [3.63, 3.8) is 0 Å². The van der Waals surface area contributed by atoms with E-state index in [0.29, 0.717) is 13.1 Å². The highest BCUT2D eigenvalue weighted by atomic mass is 16.2. The van der Waals surface area contributed by atoms with Gasteiger partial charge in [0.1, 0.15) is 0 Å². The van der Waals surface area contributed by atoms with Gasteiger partial charge in [0.25, 0.3) is 5.91 Å². The molecular formula is C25H28N2O. The van der Waals surface area contributed by atoms with Gasteiger partial charge in [0.05, 0.1) is 6.54 Å². The van der Waals surface area contributed by atoms with Crippen LogP contribution in [0.25, 0.3) is 0 Å². The third-order valence-corrected chi connectivity index (χ3v) is 4.96. The molecule has 0 spiro atoms. The Labute approximate surface area is 167 Å². The summed E-state index contributed by atoms with van der Waals surface area (Å²) < 4.78 is 2.21. The molecule has 0 saturated carbocycles. The minimum absolute atomic E-state index is 0.0332. The van der Waals surface area contributed by atoms with Crippen LogP contribution in [0, 0.1) is 6.92 Å². The molecule has 3 nitrogen and oxygen atoms in total. The first-order valence-electron chi connectivity index (χ1n) is 9.79. The molecule has 3 aromatic rings. The number of aromatic nitrogens is 1. The molecule has 0 aliphatic carbocycles. The summed E-state index contributed by atoms with van der Waals surface area (Å²) in [5, 5.41) is 0. The fraction of sp³-hybridized carbons (Fsp3) is 0.240. The second-order valence-electron chi connectivity index (χ2n) is 7.14. The van der Waals surface area contributed by atoms with Crippen molar-refractivity contribution in [3.8, 4) is 0 Å². The van der Waals surface area contributed by atoms with Gasteiger partial charge in [0, 0.05) is 30.5 Å². The molecule has 0 N–H and O–H groups in total. The zero-order valence-electron chi connectivity index (χ0n) is 16.8. The van der Waals surface area contributed by atoms with E-state index < -0.39 is 0 Å². The highest BCUT2D eigenvalue weighted by Crippen LogP contribution is 2.15.